The first-order chi connectivity index (χ1) is 16.1. The van der Waals surface area contributed by atoms with Gasteiger partial charge in [0.2, 0.25) is 0 Å². The van der Waals surface area contributed by atoms with Gasteiger partial charge in [0.1, 0.15) is 16.6 Å². The molecule has 0 aliphatic carbocycles. The Kier molecular flexibility index (Phi) is 9.58. The number of carbonyl (C=O) groups is 2. The number of rotatable bonds is 8. The largest absolute Gasteiger partial charge is 0.478 e. The Morgan fingerprint density at radius 3 is 2.14 bits per heavy atom. The van der Waals surface area contributed by atoms with Gasteiger partial charge < -0.3 is 20.5 Å². The number of halogens is 3. The van der Waals surface area contributed by atoms with Gasteiger partial charge in [-0.2, -0.15) is 0 Å². The molecule has 2 aromatic carbocycles. The molecule has 0 saturated carbocycles. The van der Waals surface area contributed by atoms with Crippen LogP contribution >= 0.6 is 23.7 Å². The third-order valence-corrected chi connectivity index (χ3v) is 6.26. The minimum atomic E-state index is -1.27. The Morgan fingerprint density at radius 2 is 1.63 bits per heavy atom. The number of thiophene rings is 1. The van der Waals surface area contributed by atoms with Crippen LogP contribution in [0.3, 0.4) is 0 Å². The van der Waals surface area contributed by atoms with Crippen molar-refractivity contribution < 1.29 is 28.2 Å². The monoisotopic (exact) mass is 525 g/mol. The predicted octanol–water partition coefficient (Wildman–Crippen LogP) is 5.62. The summed E-state index contributed by atoms with van der Waals surface area (Å²) in [6.45, 7) is 1.30. The topological polar surface area (TPSA) is 96.1 Å². The fraction of sp³-hybridized carbons (Fsp3) is 0.250. The quantitative estimate of drug-likeness (QED) is 0.370. The van der Waals surface area contributed by atoms with Crippen LogP contribution in [0.4, 0.5) is 24.3 Å². The summed E-state index contributed by atoms with van der Waals surface area (Å²) in [4.78, 5) is 28.7. The molecule has 1 amide bonds. The van der Waals surface area contributed by atoms with Crippen molar-refractivity contribution in [2.75, 3.05) is 31.3 Å². The van der Waals surface area contributed by atoms with Crippen molar-refractivity contribution >= 4 is 46.5 Å². The van der Waals surface area contributed by atoms with Gasteiger partial charge in [0.25, 0.3) is 0 Å². The fourth-order valence-electron chi connectivity index (χ4n) is 3.46. The molecule has 3 rings (SSSR count). The molecule has 0 saturated heterocycles. The van der Waals surface area contributed by atoms with E-state index in [0.717, 1.165) is 28.4 Å². The maximum absolute atomic E-state index is 14.4. The molecule has 35 heavy (non-hydrogen) atoms. The molecule has 0 atom stereocenters. The Morgan fingerprint density at radius 1 is 1.03 bits per heavy atom. The van der Waals surface area contributed by atoms with Gasteiger partial charge >= 0.3 is 12.1 Å². The first-order valence-electron chi connectivity index (χ1n) is 10.4. The van der Waals surface area contributed by atoms with Crippen LogP contribution < -0.4 is 10.6 Å². The first-order valence-corrected chi connectivity index (χ1v) is 11.2. The molecule has 1 aromatic heterocycles. The van der Waals surface area contributed by atoms with Crippen LogP contribution in [0.1, 0.15) is 28.4 Å². The maximum Gasteiger partial charge on any atom is 0.415 e. The number of benzene rings is 2. The standard InChI is InChI=1S/C24H25F2N3O4S.ClH/c1-4-33-24(32)29(13-16-18(25)6-5-7-19(16)26)22-20(23(30)31)17(12-28(2)3)21(34-22)14-8-10-15(27)11-9-14;/h5-11H,4,12-13,27H2,1-3H3,(H,30,31);1H. The van der Waals surface area contributed by atoms with Crippen LogP contribution in [-0.2, 0) is 17.8 Å². The molecule has 0 aliphatic heterocycles. The molecule has 0 spiro atoms. The highest BCUT2D eigenvalue weighted by molar-refractivity contribution is 7.20. The average molecular weight is 526 g/mol. The average Bonchev–Trinajstić information content (AvgIpc) is 3.12. The Balaban J connectivity index is 0.00000432. The molecule has 0 unspecified atom stereocenters. The number of aromatic carboxylic acids is 1. The van der Waals surface area contributed by atoms with Crippen LogP contribution in [0, 0.1) is 11.6 Å². The summed E-state index contributed by atoms with van der Waals surface area (Å²) in [6.07, 6.45) is -0.908. The highest BCUT2D eigenvalue weighted by Gasteiger charge is 2.32. The number of anilines is 2. The second-order valence-corrected chi connectivity index (χ2v) is 8.74. The molecule has 0 bridgehead atoms. The van der Waals surface area contributed by atoms with Crippen LogP contribution in [0.15, 0.2) is 42.5 Å². The zero-order chi connectivity index (χ0) is 25.0. The van der Waals surface area contributed by atoms with Gasteiger partial charge in [-0.15, -0.1) is 23.7 Å². The molecule has 0 radical (unpaired) electrons. The smallest absolute Gasteiger partial charge is 0.415 e. The number of ether oxygens (including phenoxy) is 1. The van der Waals surface area contributed by atoms with E-state index < -0.39 is 30.2 Å². The van der Waals surface area contributed by atoms with Crippen LogP contribution in [0.2, 0.25) is 0 Å². The Hall–Kier alpha value is -3.21. The summed E-state index contributed by atoms with van der Waals surface area (Å²) >= 11 is 1.04. The number of amides is 1. The van der Waals surface area contributed by atoms with Gasteiger partial charge in [-0.3, -0.25) is 4.90 Å². The molecule has 1 heterocycles. The highest BCUT2D eigenvalue weighted by Crippen LogP contribution is 2.44. The third-order valence-electron chi connectivity index (χ3n) is 4.96. The summed E-state index contributed by atoms with van der Waals surface area (Å²) in [5.41, 5.74) is 7.00. The molecule has 11 heteroatoms. The van der Waals surface area contributed by atoms with Crippen molar-refractivity contribution in [1.29, 1.82) is 0 Å². The Labute approximate surface area is 212 Å². The molecular formula is C24H26ClF2N3O4S. The first kappa shape index (κ1) is 28.0. The summed E-state index contributed by atoms with van der Waals surface area (Å²) in [7, 11) is 3.57. The maximum atomic E-state index is 14.4. The van der Waals surface area contributed by atoms with Gasteiger partial charge in [0.05, 0.1) is 18.7 Å². The van der Waals surface area contributed by atoms with E-state index in [2.05, 4.69) is 0 Å². The van der Waals surface area contributed by atoms with E-state index in [-0.39, 0.29) is 41.7 Å². The van der Waals surface area contributed by atoms with E-state index in [9.17, 15) is 23.5 Å². The lowest BCUT2D eigenvalue weighted by atomic mass is 10.0. The predicted molar refractivity (Wildman–Crippen MR) is 135 cm³/mol. The van der Waals surface area contributed by atoms with E-state index in [4.69, 9.17) is 10.5 Å². The lowest BCUT2D eigenvalue weighted by Crippen LogP contribution is -2.32. The van der Waals surface area contributed by atoms with Crippen molar-refractivity contribution in [2.24, 2.45) is 0 Å². The number of carboxylic acid groups (broad SMARTS) is 1. The molecule has 7 nitrogen and oxygen atoms in total. The van der Waals surface area contributed by atoms with Crippen molar-refractivity contribution in [3.63, 3.8) is 0 Å². The SMILES string of the molecule is CCOC(=O)N(Cc1c(F)cccc1F)c1sc(-c2ccc(N)cc2)c(CN(C)C)c1C(=O)O.Cl. The van der Waals surface area contributed by atoms with Crippen molar-refractivity contribution in [1.82, 2.24) is 4.90 Å². The van der Waals surface area contributed by atoms with Gasteiger partial charge in [-0.1, -0.05) is 18.2 Å². The summed E-state index contributed by atoms with van der Waals surface area (Å²) < 4.78 is 34.0. The number of carboxylic acids is 1. The molecule has 3 N–H and O–H groups in total. The third kappa shape index (κ3) is 6.27. The van der Waals surface area contributed by atoms with Gasteiger partial charge in [0.15, 0.2) is 0 Å². The molecular weight excluding hydrogens is 500 g/mol. The van der Waals surface area contributed by atoms with Crippen LogP contribution in [0.5, 0.6) is 0 Å². The summed E-state index contributed by atoms with van der Waals surface area (Å²) in [6, 6.07) is 10.2. The van der Waals surface area contributed by atoms with E-state index in [1.165, 1.54) is 6.07 Å². The lowest BCUT2D eigenvalue weighted by Gasteiger charge is -2.22. The number of nitrogens with zero attached hydrogens (tertiary/aromatic N) is 2. The second kappa shape index (κ2) is 12.0. The van der Waals surface area contributed by atoms with Crippen LogP contribution in [0.25, 0.3) is 10.4 Å². The minimum absolute atomic E-state index is 0. The van der Waals surface area contributed by atoms with Gasteiger partial charge in [0, 0.05) is 28.2 Å². The van der Waals surface area contributed by atoms with Crippen LogP contribution in [-0.4, -0.2) is 42.8 Å². The fourth-order valence-corrected chi connectivity index (χ4v) is 4.76. The summed E-state index contributed by atoms with van der Waals surface area (Å²) in [5, 5.41) is 10.2. The van der Waals surface area contributed by atoms with E-state index in [1.807, 2.05) is 0 Å². The number of hydrogen-bond acceptors (Lipinski definition) is 6. The molecule has 0 fully saturated rings. The van der Waals surface area contributed by atoms with Crippen molar-refractivity contribution in [3.05, 3.63) is 70.8 Å². The van der Waals surface area contributed by atoms with Crippen molar-refractivity contribution in [2.45, 2.75) is 20.0 Å². The minimum Gasteiger partial charge on any atom is -0.478 e. The normalized spacial score (nSPS) is 10.7. The molecule has 0 aliphatic rings. The van der Waals surface area contributed by atoms with E-state index in [0.29, 0.717) is 21.7 Å². The van der Waals surface area contributed by atoms with E-state index in [1.54, 1.807) is 50.2 Å². The number of hydrogen-bond donors (Lipinski definition) is 2. The van der Waals surface area contributed by atoms with E-state index >= 15 is 0 Å². The summed E-state index contributed by atoms with van der Waals surface area (Å²) in [5.74, 6) is -2.97. The zero-order valence-corrected chi connectivity index (χ0v) is 21.0. The second-order valence-electron chi connectivity index (χ2n) is 7.74. The zero-order valence-electron chi connectivity index (χ0n) is 19.4. The highest BCUT2D eigenvalue weighted by atomic mass is 35.5. The Bertz CT molecular complexity index is 1180. The molecule has 3 aromatic rings. The van der Waals surface area contributed by atoms with Crippen molar-refractivity contribution in [3.8, 4) is 10.4 Å². The van der Waals surface area contributed by atoms with Gasteiger partial charge in [-0.05, 0) is 50.8 Å². The van der Waals surface area contributed by atoms with Gasteiger partial charge in [-0.25, -0.2) is 18.4 Å². The lowest BCUT2D eigenvalue weighted by molar-refractivity contribution is 0.0696. The number of carbonyl (C=O) groups excluding carboxylic acids is 1. The number of nitrogens with two attached hydrogens (primary N) is 1. The molecule has 188 valence electrons. The number of nitrogen functional groups attached to an aromatic ring is 1.